The summed E-state index contributed by atoms with van der Waals surface area (Å²) >= 11 is 0. The van der Waals surface area contributed by atoms with E-state index in [1.807, 2.05) is 0 Å². The molecule has 166 valence electrons. The fraction of sp³-hybridized carbons (Fsp3) is 0.550. The third-order valence-corrected chi connectivity index (χ3v) is 4.57. The summed E-state index contributed by atoms with van der Waals surface area (Å²) in [5, 5.41) is -0.458. The molecule has 1 aromatic rings. The minimum absolute atomic E-state index is 0.00115. The molecule has 1 aliphatic heterocycles. The van der Waals surface area contributed by atoms with Crippen molar-refractivity contribution in [2.45, 2.75) is 51.2 Å². The second-order valence-electron chi connectivity index (χ2n) is 7.96. The lowest BCUT2D eigenvalue weighted by Crippen LogP contribution is -2.49. The highest BCUT2D eigenvalue weighted by molar-refractivity contribution is 5.90. The molecule has 0 N–H and O–H groups in total. The van der Waals surface area contributed by atoms with Crippen LogP contribution in [0, 0.1) is 0 Å². The van der Waals surface area contributed by atoms with Crippen LogP contribution in [0.15, 0.2) is 24.3 Å². The largest absolute Gasteiger partial charge is 0.465 e. The molecule has 7 nitrogen and oxygen atoms in total. The van der Waals surface area contributed by atoms with E-state index in [0.29, 0.717) is 0 Å². The average molecular weight is 430 g/mol. The number of carbonyl (C=O) groups is 3. The minimum Gasteiger partial charge on any atom is -0.465 e. The van der Waals surface area contributed by atoms with Crippen molar-refractivity contribution < 1.29 is 37.1 Å². The third-order valence-electron chi connectivity index (χ3n) is 4.57. The van der Waals surface area contributed by atoms with E-state index in [0.717, 1.165) is 31.4 Å². The molecule has 0 aliphatic carbocycles. The van der Waals surface area contributed by atoms with E-state index < -0.39 is 46.2 Å². The van der Waals surface area contributed by atoms with Crippen molar-refractivity contribution in [3.05, 3.63) is 35.4 Å². The van der Waals surface area contributed by atoms with Crippen LogP contribution in [0.1, 0.15) is 49.5 Å². The molecule has 2 rings (SSSR count). The predicted molar refractivity (Wildman–Crippen MR) is 100 cm³/mol. The van der Waals surface area contributed by atoms with Crippen LogP contribution in [-0.4, -0.2) is 59.8 Å². The van der Waals surface area contributed by atoms with E-state index >= 15 is 0 Å². The Balaban J connectivity index is 2.01. The Morgan fingerprint density at radius 2 is 1.60 bits per heavy atom. The Hall–Kier alpha value is -2.78. The van der Waals surface area contributed by atoms with Crippen molar-refractivity contribution in [1.29, 1.82) is 0 Å². The Bertz CT molecular complexity index is 785. The maximum absolute atomic E-state index is 14.5. The number of nitrogens with zero attached hydrogens (tertiary/aromatic N) is 2. The smallest absolute Gasteiger partial charge is 0.410 e. The zero-order chi connectivity index (χ0) is 22.7. The Labute approximate surface area is 172 Å². The van der Waals surface area contributed by atoms with Gasteiger partial charge >= 0.3 is 23.9 Å². The molecule has 1 saturated heterocycles. The van der Waals surface area contributed by atoms with Gasteiger partial charge in [-0.05, 0) is 45.7 Å². The number of methoxy groups -OCH3 is 1. The van der Waals surface area contributed by atoms with Crippen LogP contribution in [0.5, 0.6) is 0 Å². The van der Waals surface area contributed by atoms with Gasteiger partial charge in [0.2, 0.25) is 0 Å². The number of piperidine rings is 1. The number of ether oxygens (including phenoxy) is 2. The zero-order valence-electron chi connectivity index (χ0n) is 17.3. The van der Waals surface area contributed by atoms with Crippen molar-refractivity contribution in [2.75, 3.05) is 20.2 Å². The van der Waals surface area contributed by atoms with Crippen molar-refractivity contribution in [3.63, 3.8) is 0 Å². The fourth-order valence-corrected chi connectivity index (χ4v) is 2.96. The van der Waals surface area contributed by atoms with Gasteiger partial charge in [0.25, 0.3) is 0 Å². The minimum atomic E-state index is -4.12. The Morgan fingerprint density at radius 1 is 1.07 bits per heavy atom. The van der Waals surface area contributed by atoms with Crippen molar-refractivity contribution in [2.24, 2.45) is 0 Å². The topological polar surface area (TPSA) is 76.2 Å². The standard InChI is InChI=1S/C20H25F3N2O5/c1-19(2,3)30-18(28)24-11-9-15(10-12-24)25(23)17(27)20(21,22)14-7-5-13(6-8-14)16(26)29-4/h5-8,15H,9-12H2,1-4H3. The molecular weight excluding hydrogens is 405 g/mol. The maximum atomic E-state index is 14.5. The number of amides is 2. The van der Waals surface area contributed by atoms with Crippen LogP contribution >= 0.6 is 0 Å². The van der Waals surface area contributed by atoms with Crippen LogP contribution < -0.4 is 0 Å². The molecule has 2 amide bonds. The molecular formula is C20H25F3N2O5. The summed E-state index contributed by atoms with van der Waals surface area (Å²) < 4.78 is 53.3. The summed E-state index contributed by atoms with van der Waals surface area (Å²) in [5.41, 5.74) is -1.41. The van der Waals surface area contributed by atoms with E-state index in [1.165, 1.54) is 4.90 Å². The third kappa shape index (κ3) is 5.43. The van der Waals surface area contributed by atoms with Gasteiger partial charge in [-0.15, -0.1) is 0 Å². The second kappa shape index (κ2) is 8.93. The maximum Gasteiger partial charge on any atom is 0.410 e. The lowest BCUT2D eigenvalue weighted by molar-refractivity contribution is -0.183. The normalized spacial score (nSPS) is 15.5. The van der Waals surface area contributed by atoms with Gasteiger partial charge in [0, 0.05) is 18.7 Å². The first-order valence-electron chi connectivity index (χ1n) is 9.41. The molecule has 0 atom stereocenters. The molecule has 0 radical (unpaired) electrons. The van der Waals surface area contributed by atoms with Crippen LogP contribution in [-0.2, 0) is 20.2 Å². The number of esters is 1. The molecule has 1 heterocycles. The molecule has 0 bridgehead atoms. The van der Waals surface area contributed by atoms with Crippen LogP contribution in [0.4, 0.5) is 18.1 Å². The molecule has 0 unspecified atom stereocenters. The number of alkyl halides is 2. The van der Waals surface area contributed by atoms with Crippen molar-refractivity contribution >= 4 is 18.0 Å². The van der Waals surface area contributed by atoms with Gasteiger partial charge < -0.3 is 14.4 Å². The molecule has 0 saturated carbocycles. The summed E-state index contributed by atoms with van der Waals surface area (Å²) in [4.78, 5) is 36.9. The van der Waals surface area contributed by atoms with Gasteiger partial charge in [-0.25, -0.2) is 9.59 Å². The highest BCUT2D eigenvalue weighted by Gasteiger charge is 2.47. The van der Waals surface area contributed by atoms with E-state index in [4.69, 9.17) is 4.74 Å². The highest BCUT2D eigenvalue weighted by atomic mass is 19.3. The van der Waals surface area contributed by atoms with Gasteiger partial charge in [-0.3, -0.25) is 4.79 Å². The lowest BCUT2D eigenvalue weighted by Gasteiger charge is -2.35. The monoisotopic (exact) mass is 430 g/mol. The Morgan fingerprint density at radius 3 is 2.07 bits per heavy atom. The van der Waals surface area contributed by atoms with Crippen LogP contribution in [0.2, 0.25) is 0 Å². The van der Waals surface area contributed by atoms with Gasteiger partial charge in [0.15, 0.2) is 0 Å². The molecule has 30 heavy (non-hydrogen) atoms. The molecule has 1 aromatic carbocycles. The van der Waals surface area contributed by atoms with E-state index in [2.05, 4.69) is 4.74 Å². The number of halogens is 3. The first-order valence-corrected chi connectivity index (χ1v) is 9.41. The predicted octanol–water partition coefficient (Wildman–Crippen LogP) is 3.68. The first kappa shape index (κ1) is 23.5. The number of benzene rings is 1. The second-order valence-corrected chi connectivity index (χ2v) is 7.96. The van der Waals surface area contributed by atoms with Gasteiger partial charge in [-0.1, -0.05) is 16.6 Å². The van der Waals surface area contributed by atoms with E-state index in [-0.39, 0.29) is 31.5 Å². The lowest BCUT2D eigenvalue weighted by atomic mass is 10.0. The average Bonchev–Trinajstić information content (AvgIpc) is 2.71. The zero-order valence-corrected chi connectivity index (χ0v) is 17.3. The van der Waals surface area contributed by atoms with Crippen LogP contribution in [0.25, 0.3) is 0 Å². The molecule has 1 aliphatic rings. The summed E-state index contributed by atoms with van der Waals surface area (Å²) in [7, 11) is 1.14. The van der Waals surface area contributed by atoms with Crippen LogP contribution in [0.3, 0.4) is 0 Å². The molecule has 0 spiro atoms. The fourth-order valence-electron chi connectivity index (χ4n) is 2.96. The van der Waals surface area contributed by atoms with E-state index in [9.17, 15) is 27.6 Å². The summed E-state index contributed by atoms with van der Waals surface area (Å²) in [5.74, 6) is -6.84. The Kier molecular flexibility index (Phi) is 6.99. The highest BCUT2D eigenvalue weighted by Crippen LogP contribution is 2.33. The van der Waals surface area contributed by atoms with Crippen molar-refractivity contribution in [1.82, 2.24) is 10.0 Å². The quantitative estimate of drug-likeness (QED) is 0.538. The van der Waals surface area contributed by atoms with Gasteiger partial charge in [0.1, 0.15) is 5.60 Å². The van der Waals surface area contributed by atoms with E-state index in [1.54, 1.807) is 20.8 Å². The first-order chi connectivity index (χ1) is 13.9. The summed E-state index contributed by atoms with van der Waals surface area (Å²) in [6.07, 6.45) is -0.578. The molecule has 0 aromatic heterocycles. The molecule has 10 heteroatoms. The number of hydrogen-bond donors (Lipinski definition) is 0. The summed E-state index contributed by atoms with van der Waals surface area (Å²) in [6, 6.07) is 2.82. The molecule has 1 fully saturated rings. The number of rotatable bonds is 4. The number of hydrogen-bond acceptors (Lipinski definition) is 5. The number of likely N-dealkylation sites (tertiary alicyclic amines) is 1. The van der Waals surface area contributed by atoms with Crippen molar-refractivity contribution in [3.8, 4) is 0 Å². The SMILES string of the molecule is COC(=O)c1ccc(C(F)(F)C(=O)N(F)C2CCN(C(=O)OC(C)(C)C)CC2)cc1. The van der Waals surface area contributed by atoms with Gasteiger partial charge in [0.05, 0.1) is 18.7 Å². The van der Waals surface area contributed by atoms with Gasteiger partial charge in [-0.2, -0.15) is 13.9 Å². The summed E-state index contributed by atoms with van der Waals surface area (Å²) in [6.45, 7) is 5.28. The number of carbonyl (C=O) groups excluding carboxylic acids is 3.